The lowest BCUT2D eigenvalue weighted by Gasteiger charge is -2.23. The minimum absolute atomic E-state index is 0.173. The van der Waals surface area contributed by atoms with E-state index in [0.29, 0.717) is 17.6 Å². The van der Waals surface area contributed by atoms with Crippen LogP contribution in [0.1, 0.15) is 44.3 Å². The van der Waals surface area contributed by atoms with Crippen LogP contribution in [0.5, 0.6) is 0 Å². The third kappa shape index (κ3) is 5.25. The molecule has 1 amide bonds. The minimum atomic E-state index is -0.173. The van der Waals surface area contributed by atoms with Crippen LogP contribution < -0.4 is 5.32 Å². The third-order valence-corrected chi connectivity index (χ3v) is 6.76. The van der Waals surface area contributed by atoms with Crippen molar-refractivity contribution in [3.8, 4) is 0 Å². The highest BCUT2D eigenvalue weighted by molar-refractivity contribution is 7.13. The van der Waals surface area contributed by atoms with E-state index in [0.717, 1.165) is 47.9 Å². The number of hydrogen-bond acceptors (Lipinski definition) is 5. The van der Waals surface area contributed by atoms with E-state index < -0.39 is 0 Å². The van der Waals surface area contributed by atoms with Crippen molar-refractivity contribution in [1.82, 2.24) is 20.4 Å². The molecule has 4 rings (SSSR count). The standard InChI is InChI=1S/C23H25ClN4OS/c1-16-8-10-17(11-9-16)14-25-22(29)23-27-26-21(30-23)15-28-12-4-6-19(28)13-18-5-2-3-7-20(18)24/h2-3,5,7-11,19H,4,6,12-15H2,1H3,(H,25,29). The maximum atomic E-state index is 12.4. The van der Waals surface area contributed by atoms with E-state index in [-0.39, 0.29) is 5.91 Å². The quantitative estimate of drug-likeness (QED) is 0.581. The molecule has 1 aliphatic rings. The molecule has 1 unspecified atom stereocenters. The van der Waals surface area contributed by atoms with Crippen molar-refractivity contribution in [3.05, 3.63) is 80.3 Å². The second-order valence-corrected chi connectivity index (χ2v) is 9.20. The van der Waals surface area contributed by atoms with Crippen molar-refractivity contribution in [2.75, 3.05) is 6.54 Å². The summed E-state index contributed by atoms with van der Waals surface area (Å²) >= 11 is 7.72. The predicted molar refractivity (Wildman–Crippen MR) is 121 cm³/mol. The maximum Gasteiger partial charge on any atom is 0.282 e. The van der Waals surface area contributed by atoms with Crippen LogP contribution in [0.4, 0.5) is 0 Å². The fourth-order valence-electron chi connectivity index (χ4n) is 3.80. The van der Waals surface area contributed by atoms with Gasteiger partial charge in [0, 0.05) is 17.6 Å². The summed E-state index contributed by atoms with van der Waals surface area (Å²) in [4.78, 5) is 14.9. The number of aromatic nitrogens is 2. The van der Waals surface area contributed by atoms with E-state index in [1.165, 1.54) is 22.5 Å². The molecule has 0 aliphatic carbocycles. The van der Waals surface area contributed by atoms with Crippen LogP contribution >= 0.6 is 22.9 Å². The van der Waals surface area contributed by atoms with Crippen molar-refractivity contribution in [2.24, 2.45) is 0 Å². The Morgan fingerprint density at radius 1 is 1.20 bits per heavy atom. The molecule has 30 heavy (non-hydrogen) atoms. The summed E-state index contributed by atoms with van der Waals surface area (Å²) in [5, 5.41) is 13.4. The molecule has 2 aromatic carbocycles. The lowest BCUT2D eigenvalue weighted by atomic mass is 10.0. The van der Waals surface area contributed by atoms with E-state index in [1.54, 1.807) is 0 Å². The molecular weight excluding hydrogens is 416 g/mol. The normalized spacial score (nSPS) is 16.7. The van der Waals surface area contributed by atoms with Crippen LogP contribution in [0.25, 0.3) is 0 Å². The average molecular weight is 441 g/mol. The molecule has 0 saturated carbocycles. The van der Waals surface area contributed by atoms with Gasteiger partial charge in [0.05, 0.1) is 6.54 Å². The first-order chi connectivity index (χ1) is 14.6. The maximum absolute atomic E-state index is 12.4. The van der Waals surface area contributed by atoms with Crippen molar-refractivity contribution in [1.29, 1.82) is 0 Å². The molecule has 0 spiro atoms. The fraction of sp³-hybridized carbons (Fsp3) is 0.348. The summed E-state index contributed by atoms with van der Waals surface area (Å²) in [6, 6.07) is 16.6. The Morgan fingerprint density at radius 3 is 2.80 bits per heavy atom. The minimum Gasteiger partial charge on any atom is -0.346 e. The van der Waals surface area contributed by atoms with Gasteiger partial charge < -0.3 is 5.32 Å². The number of hydrogen-bond donors (Lipinski definition) is 1. The van der Waals surface area contributed by atoms with Crippen LogP contribution in [-0.2, 0) is 19.5 Å². The Hall–Kier alpha value is -2.28. The zero-order valence-corrected chi connectivity index (χ0v) is 18.5. The Balaban J connectivity index is 1.33. The topological polar surface area (TPSA) is 58.1 Å². The summed E-state index contributed by atoms with van der Waals surface area (Å²) in [5.74, 6) is -0.173. The molecule has 0 radical (unpaired) electrons. The van der Waals surface area contributed by atoms with Crippen molar-refractivity contribution < 1.29 is 4.79 Å². The molecule has 1 aliphatic heterocycles. The molecule has 1 saturated heterocycles. The monoisotopic (exact) mass is 440 g/mol. The second kappa shape index (κ2) is 9.69. The SMILES string of the molecule is Cc1ccc(CNC(=O)c2nnc(CN3CCCC3Cc3ccccc3Cl)s2)cc1. The lowest BCUT2D eigenvalue weighted by molar-refractivity contribution is 0.0950. The van der Waals surface area contributed by atoms with Crippen LogP contribution in [0.15, 0.2) is 48.5 Å². The van der Waals surface area contributed by atoms with Gasteiger partial charge in [0.25, 0.3) is 5.91 Å². The van der Waals surface area contributed by atoms with Gasteiger partial charge in [0.15, 0.2) is 0 Å². The van der Waals surface area contributed by atoms with Gasteiger partial charge in [-0.3, -0.25) is 9.69 Å². The van der Waals surface area contributed by atoms with Crippen LogP contribution in [0.3, 0.4) is 0 Å². The summed E-state index contributed by atoms with van der Waals surface area (Å²) in [6.07, 6.45) is 3.24. The molecule has 2 heterocycles. The van der Waals surface area contributed by atoms with E-state index in [2.05, 4.69) is 26.5 Å². The molecular formula is C23H25ClN4OS. The van der Waals surface area contributed by atoms with Gasteiger partial charge in [0.1, 0.15) is 5.01 Å². The third-order valence-electron chi connectivity index (χ3n) is 5.49. The number of halogens is 1. The molecule has 1 fully saturated rings. The van der Waals surface area contributed by atoms with Gasteiger partial charge in [-0.25, -0.2) is 0 Å². The van der Waals surface area contributed by atoms with Crippen molar-refractivity contribution >= 4 is 28.8 Å². The van der Waals surface area contributed by atoms with E-state index in [1.807, 2.05) is 49.4 Å². The number of benzene rings is 2. The largest absolute Gasteiger partial charge is 0.346 e. The molecule has 1 aromatic heterocycles. The highest BCUT2D eigenvalue weighted by Crippen LogP contribution is 2.26. The number of rotatable bonds is 7. The van der Waals surface area contributed by atoms with E-state index in [9.17, 15) is 4.79 Å². The Kier molecular flexibility index (Phi) is 6.77. The van der Waals surface area contributed by atoms with Crippen LogP contribution in [-0.4, -0.2) is 33.6 Å². The molecule has 0 bridgehead atoms. The number of nitrogens with zero attached hydrogens (tertiary/aromatic N) is 3. The first-order valence-corrected chi connectivity index (χ1v) is 11.4. The van der Waals surface area contributed by atoms with E-state index >= 15 is 0 Å². The summed E-state index contributed by atoms with van der Waals surface area (Å²) < 4.78 is 0. The smallest absolute Gasteiger partial charge is 0.282 e. The highest BCUT2D eigenvalue weighted by Gasteiger charge is 2.26. The van der Waals surface area contributed by atoms with Crippen molar-refractivity contribution in [3.63, 3.8) is 0 Å². The highest BCUT2D eigenvalue weighted by atomic mass is 35.5. The number of carbonyl (C=O) groups excluding carboxylic acids is 1. The fourth-order valence-corrected chi connectivity index (χ4v) is 4.79. The number of likely N-dealkylation sites (tertiary alicyclic amines) is 1. The number of carbonyl (C=O) groups is 1. The molecule has 3 aromatic rings. The first kappa shape index (κ1) is 21.0. The first-order valence-electron chi connectivity index (χ1n) is 10.2. The number of aryl methyl sites for hydroxylation is 1. The molecule has 7 heteroatoms. The van der Waals surface area contributed by atoms with Gasteiger partial charge in [-0.05, 0) is 49.9 Å². The summed E-state index contributed by atoms with van der Waals surface area (Å²) in [6.45, 7) is 4.28. The zero-order chi connectivity index (χ0) is 20.9. The van der Waals surface area contributed by atoms with Crippen molar-refractivity contribution in [2.45, 2.75) is 45.3 Å². The van der Waals surface area contributed by atoms with E-state index in [4.69, 9.17) is 11.6 Å². The Morgan fingerprint density at radius 2 is 2.00 bits per heavy atom. The second-order valence-electron chi connectivity index (χ2n) is 7.73. The molecule has 1 N–H and O–H groups in total. The van der Waals surface area contributed by atoms with Gasteiger partial charge >= 0.3 is 0 Å². The molecule has 156 valence electrons. The summed E-state index contributed by atoms with van der Waals surface area (Å²) in [5.41, 5.74) is 3.45. The van der Waals surface area contributed by atoms with Gasteiger partial charge in [0.2, 0.25) is 5.01 Å². The zero-order valence-electron chi connectivity index (χ0n) is 17.0. The summed E-state index contributed by atoms with van der Waals surface area (Å²) in [7, 11) is 0. The van der Waals surface area contributed by atoms with Gasteiger partial charge in [-0.2, -0.15) is 0 Å². The predicted octanol–water partition coefficient (Wildman–Crippen LogP) is 4.64. The molecule has 5 nitrogen and oxygen atoms in total. The van der Waals surface area contributed by atoms with Gasteiger partial charge in [-0.1, -0.05) is 71.0 Å². The Labute approximate surface area is 186 Å². The van der Waals surface area contributed by atoms with Crippen LogP contribution in [0, 0.1) is 6.92 Å². The number of amides is 1. The molecule has 1 atom stereocenters. The van der Waals surface area contributed by atoms with Crippen LogP contribution in [0.2, 0.25) is 5.02 Å². The lowest BCUT2D eigenvalue weighted by Crippen LogP contribution is -2.30. The van der Waals surface area contributed by atoms with Gasteiger partial charge in [-0.15, -0.1) is 10.2 Å². The average Bonchev–Trinajstić information content (AvgIpc) is 3.39. The Bertz CT molecular complexity index is 1000. The number of nitrogens with one attached hydrogen (secondary N) is 1.